The fourth-order valence-corrected chi connectivity index (χ4v) is 3.54. The summed E-state index contributed by atoms with van der Waals surface area (Å²) in [4.78, 5) is 11.3. The molecule has 0 spiro atoms. The highest BCUT2D eigenvalue weighted by Gasteiger charge is 2.40. The zero-order valence-corrected chi connectivity index (χ0v) is 14.9. The quantitative estimate of drug-likeness (QED) is 0.744. The van der Waals surface area contributed by atoms with Crippen LogP contribution in [-0.4, -0.2) is 22.8 Å². The van der Waals surface area contributed by atoms with Gasteiger partial charge in [-0.25, -0.2) is 4.68 Å². The summed E-state index contributed by atoms with van der Waals surface area (Å²) in [6.07, 6.45) is -3.87. The molecular weight excluding hydrogens is 371 g/mol. The second-order valence-corrected chi connectivity index (χ2v) is 6.52. The average Bonchev–Trinajstić information content (AvgIpc) is 3.08. The number of primary amides is 1. The van der Waals surface area contributed by atoms with E-state index in [1.807, 2.05) is 6.07 Å². The molecule has 0 aliphatic heterocycles. The number of hydrogen-bond donors (Lipinski definition) is 1. The summed E-state index contributed by atoms with van der Waals surface area (Å²) in [6.45, 7) is 0. The van der Waals surface area contributed by atoms with Gasteiger partial charge in [-0.1, -0.05) is 0 Å². The van der Waals surface area contributed by atoms with Crippen LogP contribution in [0.25, 0.3) is 16.9 Å². The number of methoxy groups -OCH3 is 1. The lowest BCUT2D eigenvalue weighted by molar-refractivity contribution is -0.141. The summed E-state index contributed by atoms with van der Waals surface area (Å²) in [5.41, 5.74) is 7.20. The third-order valence-corrected chi connectivity index (χ3v) is 4.86. The predicted octanol–water partition coefficient (Wildman–Crippen LogP) is 3.76. The molecule has 2 N–H and O–H groups in total. The number of alkyl halides is 3. The van der Waals surface area contributed by atoms with E-state index in [0.29, 0.717) is 29.1 Å². The van der Waals surface area contributed by atoms with Gasteiger partial charge >= 0.3 is 6.18 Å². The Bertz CT molecular complexity index is 1070. The predicted molar refractivity (Wildman–Crippen MR) is 96.5 cm³/mol. The fraction of sp³-hybridized carbons (Fsp3) is 0.200. The zero-order chi connectivity index (χ0) is 20.1. The van der Waals surface area contributed by atoms with E-state index in [0.717, 1.165) is 5.56 Å². The van der Waals surface area contributed by atoms with Crippen LogP contribution in [0.5, 0.6) is 5.75 Å². The van der Waals surface area contributed by atoms with Gasteiger partial charge in [-0.15, -0.1) is 0 Å². The number of benzene rings is 2. The molecule has 0 saturated carbocycles. The monoisotopic (exact) mass is 387 g/mol. The topological polar surface area (TPSA) is 70.1 Å². The molecule has 1 aromatic heterocycles. The van der Waals surface area contributed by atoms with Crippen LogP contribution >= 0.6 is 0 Å². The van der Waals surface area contributed by atoms with Gasteiger partial charge in [0.2, 0.25) is 5.91 Å². The normalized spacial score (nSPS) is 13.0. The molecule has 1 aliphatic carbocycles. The number of aryl methyl sites for hydroxylation is 1. The zero-order valence-electron chi connectivity index (χ0n) is 14.9. The lowest BCUT2D eigenvalue weighted by Crippen LogP contribution is -2.11. The van der Waals surface area contributed by atoms with E-state index in [9.17, 15) is 18.0 Å². The molecule has 144 valence electrons. The van der Waals surface area contributed by atoms with Crippen molar-refractivity contribution in [2.75, 3.05) is 7.11 Å². The van der Waals surface area contributed by atoms with E-state index in [4.69, 9.17) is 10.5 Å². The Balaban J connectivity index is 1.94. The van der Waals surface area contributed by atoms with Gasteiger partial charge in [-0.3, -0.25) is 4.79 Å². The molecule has 0 fully saturated rings. The molecule has 8 heteroatoms. The summed E-state index contributed by atoms with van der Waals surface area (Å²) in [5, 5.41) is 3.89. The summed E-state index contributed by atoms with van der Waals surface area (Å²) in [7, 11) is 1.54. The van der Waals surface area contributed by atoms with Gasteiger partial charge in [0.1, 0.15) is 5.75 Å². The fourth-order valence-electron chi connectivity index (χ4n) is 3.54. The minimum atomic E-state index is -4.56. The van der Waals surface area contributed by atoms with Crippen molar-refractivity contribution in [2.45, 2.75) is 19.0 Å². The molecular formula is C20H16F3N3O2. The van der Waals surface area contributed by atoms with Crippen molar-refractivity contribution in [3.63, 3.8) is 0 Å². The molecule has 28 heavy (non-hydrogen) atoms. The number of ether oxygens (including phenoxy) is 1. The number of nitrogens with two attached hydrogens (primary N) is 1. The first-order valence-corrected chi connectivity index (χ1v) is 8.56. The molecule has 1 aliphatic rings. The minimum absolute atomic E-state index is 0.171. The maximum Gasteiger partial charge on any atom is 0.435 e. The number of hydrogen-bond acceptors (Lipinski definition) is 3. The van der Waals surface area contributed by atoms with E-state index >= 15 is 0 Å². The maximum absolute atomic E-state index is 13.6. The number of amides is 1. The molecule has 1 heterocycles. The van der Waals surface area contributed by atoms with Gasteiger partial charge in [-0.05, 0) is 60.9 Å². The van der Waals surface area contributed by atoms with Crippen molar-refractivity contribution in [1.82, 2.24) is 9.78 Å². The van der Waals surface area contributed by atoms with Crippen LogP contribution in [0.1, 0.15) is 27.2 Å². The Morgan fingerprint density at radius 3 is 2.46 bits per heavy atom. The first-order valence-electron chi connectivity index (χ1n) is 8.56. The van der Waals surface area contributed by atoms with E-state index < -0.39 is 17.8 Å². The highest BCUT2D eigenvalue weighted by atomic mass is 19.4. The van der Waals surface area contributed by atoms with Crippen LogP contribution in [0, 0.1) is 0 Å². The molecule has 3 aromatic rings. The number of carbonyl (C=O) groups is 1. The van der Waals surface area contributed by atoms with Crippen LogP contribution < -0.4 is 10.5 Å². The lowest BCUT2D eigenvalue weighted by atomic mass is 9.88. The third kappa shape index (κ3) is 2.90. The van der Waals surface area contributed by atoms with Crippen molar-refractivity contribution in [2.24, 2.45) is 5.73 Å². The summed E-state index contributed by atoms with van der Waals surface area (Å²) in [5.74, 6) is 0.0394. The summed E-state index contributed by atoms with van der Waals surface area (Å²) >= 11 is 0. The molecule has 5 nitrogen and oxygen atoms in total. The van der Waals surface area contributed by atoms with E-state index in [1.165, 1.54) is 28.9 Å². The van der Waals surface area contributed by atoms with Gasteiger partial charge in [0.25, 0.3) is 0 Å². The van der Waals surface area contributed by atoms with E-state index in [-0.39, 0.29) is 17.5 Å². The number of rotatable bonds is 3. The third-order valence-electron chi connectivity index (χ3n) is 4.86. The Morgan fingerprint density at radius 2 is 1.86 bits per heavy atom. The number of nitrogens with zero attached hydrogens (tertiary/aromatic N) is 2. The molecule has 4 rings (SSSR count). The summed E-state index contributed by atoms with van der Waals surface area (Å²) in [6, 6.07) is 11.3. The van der Waals surface area contributed by atoms with Crippen LogP contribution in [0.4, 0.5) is 13.2 Å². The molecule has 0 radical (unpaired) electrons. The average molecular weight is 387 g/mol. The number of carbonyl (C=O) groups excluding carboxylic acids is 1. The Hall–Kier alpha value is -3.29. The molecule has 0 saturated heterocycles. The Labute approximate surface area is 158 Å². The van der Waals surface area contributed by atoms with Gasteiger partial charge in [0.05, 0.1) is 18.5 Å². The van der Waals surface area contributed by atoms with Crippen molar-refractivity contribution in [1.29, 1.82) is 0 Å². The van der Waals surface area contributed by atoms with Crippen LogP contribution in [0.2, 0.25) is 0 Å². The molecule has 1 amide bonds. The maximum atomic E-state index is 13.6. The second kappa shape index (κ2) is 6.40. The van der Waals surface area contributed by atoms with Crippen molar-refractivity contribution in [3.8, 4) is 22.7 Å². The lowest BCUT2D eigenvalue weighted by Gasteiger charge is -2.20. The number of aromatic nitrogens is 2. The first-order chi connectivity index (χ1) is 13.3. The Morgan fingerprint density at radius 1 is 1.14 bits per heavy atom. The van der Waals surface area contributed by atoms with Crippen LogP contribution in [-0.2, 0) is 19.0 Å². The minimum Gasteiger partial charge on any atom is -0.497 e. The van der Waals surface area contributed by atoms with Gasteiger partial charge < -0.3 is 10.5 Å². The SMILES string of the molecule is COc1ccc2c(c1)CCc1c(C(F)(F)F)nn(-c3ccc(C(N)=O)cc3)c1-2. The van der Waals surface area contributed by atoms with Gasteiger partial charge in [0.15, 0.2) is 5.69 Å². The smallest absolute Gasteiger partial charge is 0.435 e. The van der Waals surface area contributed by atoms with Gasteiger partial charge in [0, 0.05) is 16.7 Å². The van der Waals surface area contributed by atoms with Gasteiger partial charge in [-0.2, -0.15) is 18.3 Å². The molecule has 0 unspecified atom stereocenters. The van der Waals surface area contributed by atoms with Crippen molar-refractivity contribution >= 4 is 5.91 Å². The molecule has 0 atom stereocenters. The highest BCUT2D eigenvalue weighted by molar-refractivity contribution is 5.93. The largest absolute Gasteiger partial charge is 0.497 e. The summed E-state index contributed by atoms with van der Waals surface area (Å²) < 4.78 is 47.4. The van der Waals surface area contributed by atoms with E-state index in [1.54, 1.807) is 19.2 Å². The Kier molecular flexibility index (Phi) is 4.14. The standard InChI is InChI=1S/C20H16F3N3O2/c1-28-14-7-9-15-12(10-14)4-8-16-17(15)26(25-18(16)20(21,22)23)13-5-2-11(3-6-13)19(24)27/h2-3,5-7,9-10H,4,8H2,1H3,(H2,24,27). The van der Waals surface area contributed by atoms with Crippen molar-refractivity contribution in [3.05, 3.63) is 64.8 Å². The van der Waals surface area contributed by atoms with Crippen LogP contribution in [0.3, 0.4) is 0 Å². The van der Waals surface area contributed by atoms with E-state index in [2.05, 4.69) is 5.10 Å². The van der Waals surface area contributed by atoms with Crippen LogP contribution in [0.15, 0.2) is 42.5 Å². The highest BCUT2D eigenvalue weighted by Crippen LogP contribution is 2.42. The number of halogens is 3. The number of fused-ring (bicyclic) bond motifs is 3. The second-order valence-electron chi connectivity index (χ2n) is 6.52. The molecule has 0 bridgehead atoms. The first kappa shape index (κ1) is 18.1. The molecule has 2 aromatic carbocycles. The van der Waals surface area contributed by atoms with Crippen molar-refractivity contribution < 1.29 is 22.7 Å².